The number of anilines is 1. The van der Waals surface area contributed by atoms with E-state index in [0.717, 1.165) is 25.0 Å². The number of nitrogens with one attached hydrogen (secondary N) is 1. The van der Waals surface area contributed by atoms with Crippen molar-refractivity contribution in [3.8, 4) is 0 Å². The van der Waals surface area contributed by atoms with E-state index in [4.69, 9.17) is 5.14 Å². The number of halogens is 3. The van der Waals surface area contributed by atoms with Crippen molar-refractivity contribution in [1.29, 1.82) is 0 Å². The topological polar surface area (TPSA) is 72.2 Å². The molecule has 1 aliphatic rings. The maximum Gasteiger partial charge on any atom is 0.417 e. The highest BCUT2D eigenvalue weighted by Gasteiger charge is 2.36. The SMILES string of the molecule is CC(CCC1CCCC1)Nc1ccc(S(N)(=O)=O)c(C(F)(F)F)c1. The molecule has 0 radical (unpaired) electrons. The summed E-state index contributed by atoms with van der Waals surface area (Å²) in [4.78, 5) is -0.904. The molecule has 0 heterocycles. The molecule has 8 heteroatoms. The molecule has 0 saturated heterocycles. The third-order valence-electron chi connectivity index (χ3n) is 4.49. The van der Waals surface area contributed by atoms with Crippen molar-refractivity contribution in [1.82, 2.24) is 0 Å². The Kier molecular flexibility index (Phi) is 5.80. The zero-order chi connectivity index (χ0) is 18.0. The molecule has 0 aliphatic heterocycles. The van der Waals surface area contributed by atoms with Crippen LogP contribution in [0.3, 0.4) is 0 Å². The van der Waals surface area contributed by atoms with Crippen LogP contribution >= 0.6 is 0 Å². The van der Waals surface area contributed by atoms with E-state index in [1.54, 1.807) is 0 Å². The minimum atomic E-state index is -4.79. The standard InChI is InChI=1S/C16H23F3N2O2S/c1-11(6-7-12-4-2-3-5-12)21-13-8-9-15(24(20,22)23)14(10-13)16(17,18)19/h8-12,21H,2-7H2,1H3,(H2,20,22,23). The smallest absolute Gasteiger partial charge is 0.383 e. The van der Waals surface area contributed by atoms with Crippen molar-refractivity contribution in [2.24, 2.45) is 11.1 Å². The minimum Gasteiger partial charge on any atom is -0.383 e. The lowest BCUT2D eigenvalue weighted by atomic mass is 9.99. The van der Waals surface area contributed by atoms with Gasteiger partial charge in [-0.25, -0.2) is 13.6 Å². The number of nitrogens with two attached hydrogens (primary N) is 1. The molecule has 3 N–H and O–H groups in total. The van der Waals surface area contributed by atoms with Crippen molar-refractivity contribution in [2.45, 2.75) is 62.6 Å². The molecule has 1 aliphatic carbocycles. The number of primary sulfonamides is 1. The summed E-state index contributed by atoms with van der Waals surface area (Å²) in [5.41, 5.74) is -0.994. The number of rotatable bonds is 6. The van der Waals surface area contributed by atoms with E-state index in [2.05, 4.69) is 5.32 Å². The van der Waals surface area contributed by atoms with Gasteiger partial charge in [0, 0.05) is 11.7 Å². The fraction of sp³-hybridized carbons (Fsp3) is 0.625. The summed E-state index contributed by atoms with van der Waals surface area (Å²) in [6.45, 7) is 1.91. The molecule has 0 amide bonds. The van der Waals surface area contributed by atoms with Crippen LogP contribution in [0.15, 0.2) is 23.1 Å². The van der Waals surface area contributed by atoms with Gasteiger partial charge >= 0.3 is 6.18 Å². The molecule has 0 spiro atoms. The Balaban J connectivity index is 2.10. The third-order valence-corrected chi connectivity index (χ3v) is 5.46. The van der Waals surface area contributed by atoms with Gasteiger partial charge < -0.3 is 5.32 Å². The van der Waals surface area contributed by atoms with Gasteiger partial charge in [0.2, 0.25) is 10.0 Å². The second kappa shape index (κ2) is 7.31. The highest BCUT2D eigenvalue weighted by Crippen LogP contribution is 2.36. The van der Waals surface area contributed by atoms with Crippen molar-refractivity contribution in [2.75, 3.05) is 5.32 Å². The van der Waals surface area contributed by atoms with Gasteiger partial charge in [0.1, 0.15) is 0 Å². The van der Waals surface area contributed by atoms with Gasteiger partial charge in [0.05, 0.1) is 10.5 Å². The highest BCUT2D eigenvalue weighted by molar-refractivity contribution is 7.89. The zero-order valence-electron chi connectivity index (χ0n) is 13.6. The van der Waals surface area contributed by atoms with Gasteiger partial charge in [-0.15, -0.1) is 0 Å². The molecule has 1 fully saturated rings. The van der Waals surface area contributed by atoms with Gasteiger partial charge in [0.25, 0.3) is 0 Å². The average molecular weight is 364 g/mol. The van der Waals surface area contributed by atoms with Crippen molar-refractivity contribution < 1.29 is 21.6 Å². The summed E-state index contributed by atoms with van der Waals surface area (Å²) in [6.07, 6.45) is 2.11. The van der Waals surface area contributed by atoms with E-state index < -0.39 is 26.7 Å². The van der Waals surface area contributed by atoms with E-state index in [-0.39, 0.29) is 11.7 Å². The summed E-state index contributed by atoms with van der Waals surface area (Å²) in [7, 11) is -4.43. The van der Waals surface area contributed by atoms with Gasteiger partial charge in [-0.2, -0.15) is 13.2 Å². The normalized spacial score (nSPS) is 17.9. The first-order chi connectivity index (χ1) is 11.1. The molecule has 0 aromatic heterocycles. The van der Waals surface area contributed by atoms with Gasteiger partial charge in [-0.05, 0) is 43.9 Å². The van der Waals surface area contributed by atoms with Crippen LogP contribution in [0.4, 0.5) is 18.9 Å². The maximum atomic E-state index is 13.1. The molecule has 2 rings (SSSR count). The van der Waals surface area contributed by atoms with Crippen LogP contribution in [0.1, 0.15) is 51.0 Å². The Morgan fingerprint density at radius 3 is 2.46 bits per heavy atom. The van der Waals surface area contributed by atoms with Crippen molar-refractivity contribution >= 4 is 15.7 Å². The second-order valence-corrected chi connectivity index (χ2v) is 8.06. The lowest BCUT2D eigenvalue weighted by molar-refractivity contribution is -0.139. The number of benzene rings is 1. The van der Waals surface area contributed by atoms with Crippen LogP contribution in [-0.4, -0.2) is 14.5 Å². The van der Waals surface area contributed by atoms with Crippen LogP contribution in [-0.2, 0) is 16.2 Å². The molecule has 4 nitrogen and oxygen atoms in total. The van der Waals surface area contributed by atoms with E-state index in [0.29, 0.717) is 5.92 Å². The van der Waals surface area contributed by atoms with Crippen LogP contribution < -0.4 is 10.5 Å². The molecule has 1 unspecified atom stereocenters. The third kappa shape index (κ3) is 5.11. The zero-order valence-corrected chi connectivity index (χ0v) is 14.4. The first kappa shape index (κ1) is 19.1. The molecule has 1 aromatic carbocycles. The van der Waals surface area contributed by atoms with E-state index in [1.165, 1.54) is 31.7 Å². The van der Waals surface area contributed by atoms with E-state index in [9.17, 15) is 21.6 Å². The lowest BCUT2D eigenvalue weighted by Gasteiger charge is -2.19. The van der Waals surface area contributed by atoms with Gasteiger partial charge in [0.15, 0.2) is 0 Å². The Labute approximate surface area is 140 Å². The summed E-state index contributed by atoms with van der Waals surface area (Å²) in [5, 5.41) is 7.90. The van der Waals surface area contributed by atoms with E-state index in [1.807, 2.05) is 6.92 Å². The predicted octanol–water partition coefficient (Wildman–Crippen LogP) is 4.12. The molecule has 0 bridgehead atoms. The molecule has 24 heavy (non-hydrogen) atoms. The van der Waals surface area contributed by atoms with E-state index >= 15 is 0 Å². The lowest BCUT2D eigenvalue weighted by Crippen LogP contribution is -2.21. The Hall–Kier alpha value is -1.28. The van der Waals surface area contributed by atoms with Crippen LogP contribution in [0, 0.1) is 5.92 Å². The van der Waals surface area contributed by atoms with Crippen LogP contribution in [0.5, 0.6) is 0 Å². The fourth-order valence-corrected chi connectivity index (χ4v) is 3.97. The Bertz CT molecular complexity index is 668. The minimum absolute atomic E-state index is 0.00650. The highest BCUT2D eigenvalue weighted by atomic mass is 32.2. The molecular weight excluding hydrogens is 341 g/mol. The summed E-state index contributed by atoms with van der Waals surface area (Å²) in [6, 6.07) is 3.05. The van der Waals surface area contributed by atoms with Crippen molar-refractivity contribution in [3.63, 3.8) is 0 Å². The number of sulfonamides is 1. The summed E-state index contributed by atoms with van der Waals surface area (Å²) >= 11 is 0. The molecule has 1 atom stereocenters. The Morgan fingerprint density at radius 2 is 1.92 bits per heavy atom. The quantitative estimate of drug-likeness (QED) is 0.797. The molecular formula is C16H23F3N2O2S. The monoisotopic (exact) mass is 364 g/mol. The van der Waals surface area contributed by atoms with Crippen molar-refractivity contribution in [3.05, 3.63) is 23.8 Å². The van der Waals surface area contributed by atoms with Crippen LogP contribution in [0.2, 0.25) is 0 Å². The maximum absolute atomic E-state index is 13.1. The molecule has 1 saturated carbocycles. The number of hydrogen-bond acceptors (Lipinski definition) is 3. The first-order valence-corrected chi connectivity index (χ1v) is 9.62. The fourth-order valence-electron chi connectivity index (χ4n) is 3.23. The summed E-state index contributed by atoms with van der Waals surface area (Å²) in [5.74, 6) is 0.713. The molecule has 136 valence electrons. The number of alkyl halides is 3. The Morgan fingerprint density at radius 1 is 1.29 bits per heavy atom. The molecule has 1 aromatic rings. The average Bonchev–Trinajstić information content (AvgIpc) is 2.96. The summed E-state index contributed by atoms with van der Waals surface area (Å²) < 4.78 is 62.0. The largest absolute Gasteiger partial charge is 0.417 e. The van der Waals surface area contributed by atoms with Gasteiger partial charge in [-0.1, -0.05) is 25.7 Å². The second-order valence-electron chi connectivity index (χ2n) is 6.53. The number of hydrogen-bond donors (Lipinski definition) is 2. The predicted molar refractivity (Wildman–Crippen MR) is 87.1 cm³/mol. The first-order valence-electron chi connectivity index (χ1n) is 8.08. The van der Waals surface area contributed by atoms with Gasteiger partial charge in [-0.3, -0.25) is 0 Å². The van der Waals surface area contributed by atoms with Crippen LogP contribution in [0.25, 0.3) is 0 Å².